The first-order valence-electron chi connectivity index (χ1n) is 6.22. The van der Waals surface area contributed by atoms with Gasteiger partial charge in [-0.05, 0) is 36.9 Å². The minimum absolute atomic E-state index is 0.0295. The second-order valence-corrected chi connectivity index (χ2v) is 5.62. The number of aliphatic carboxylic acids is 1. The van der Waals surface area contributed by atoms with Crippen LogP contribution in [-0.2, 0) is 20.9 Å². The van der Waals surface area contributed by atoms with E-state index < -0.39 is 5.97 Å². The predicted molar refractivity (Wildman–Crippen MR) is 78.6 cm³/mol. The summed E-state index contributed by atoms with van der Waals surface area (Å²) in [6.45, 7) is 4.33. The Kier molecular flexibility index (Phi) is 6.41. The molecule has 1 N–H and O–H groups in total. The van der Waals surface area contributed by atoms with Gasteiger partial charge in [0.2, 0.25) is 5.91 Å². The van der Waals surface area contributed by atoms with Crippen molar-refractivity contribution in [1.29, 1.82) is 0 Å². The standard InChI is InChI=1S/C14H19NO4S/c1-10(2)19-8-13(16)15(3)7-12-6-11(9-20-12)4-5-14(17)18/h4-6,9-10H,7-8H2,1-3H3,(H,17,18)/b5-4+. The first kappa shape index (κ1) is 16.4. The summed E-state index contributed by atoms with van der Waals surface area (Å²) in [5.74, 6) is -1.05. The third-order valence-electron chi connectivity index (χ3n) is 2.45. The van der Waals surface area contributed by atoms with E-state index in [1.165, 1.54) is 17.4 Å². The number of amides is 1. The molecule has 0 bridgehead atoms. The number of rotatable bonds is 7. The number of hydrogen-bond acceptors (Lipinski definition) is 4. The first-order valence-corrected chi connectivity index (χ1v) is 7.10. The van der Waals surface area contributed by atoms with E-state index in [9.17, 15) is 9.59 Å². The first-order chi connectivity index (χ1) is 9.38. The molecule has 5 nitrogen and oxygen atoms in total. The molecule has 0 radical (unpaired) electrons. The van der Waals surface area contributed by atoms with Crippen LogP contribution in [0.2, 0.25) is 0 Å². The van der Waals surface area contributed by atoms with Crippen molar-refractivity contribution in [2.75, 3.05) is 13.7 Å². The van der Waals surface area contributed by atoms with E-state index in [1.54, 1.807) is 11.9 Å². The fraction of sp³-hybridized carbons (Fsp3) is 0.429. The Labute approximate surface area is 122 Å². The second-order valence-electron chi connectivity index (χ2n) is 4.63. The van der Waals surface area contributed by atoms with Crippen molar-refractivity contribution >= 4 is 29.3 Å². The van der Waals surface area contributed by atoms with Crippen molar-refractivity contribution in [3.8, 4) is 0 Å². The highest BCUT2D eigenvalue weighted by atomic mass is 32.1. The number of thiophene rings is 1. The van der Waals surface area contributed by atoms with E-state index in [-0.39, 0.29) is 18.6 Å². The van der Waals surface area contributed by atoms with Crippen molar-refractivity contribution in [1.82, 2.24) is 4.90 Å². The maximum absolute atomic E-state index is 11.8. The van der Waals surface area contributed by atoms with Crippen LogP contribution in [0.3, 0.4) is 0 Å². The van der Waals surface area contributed by atoms with Crippen LogP contribution in [-0.4, -0.2) is 41.6 Å². The number of carbonyl (C=O) groups excluding carboxylic acids is 1. The maximum atomic E-state index is 11.8. The van der Waals surface area contributed by atoms with Gasteiger partial charge in [-0.3, -0.25) is 4.79 Å². The fourth-order valence-corrected chi connectivity index (χ4v) is 2.31. The van der Waals surface area contributed by atoms with Crippen LogP contribution in [0.5, 0.6) is 0 Å². The number of likely N-dealkylation sites (N-methyl/N-ethyl adjacent to an activating group) is 1. The van der Waals surface area contributed by atoms with Gasteiger partial charge in [0, 0.05) is 18.0 Å². The Morgan fingerprint density at radius 2 is 2.20 bits per heavy atom. The number of nitrogens with zero attached hydrogens (tertiary/aromatic N) is 1. The topological polar surface area (TPSA) is 66.8 Å². The normalized spacial score (nSPS) is 11.2. The summed E-state index contributed by atoms with van der Waals surface area (Å²) in [5.41, 5.74) is 0.826. The van der Waals surface area contributed by atoms with Gasteiger partial charge in [-0.25, -0.2) is 4.79 Å². The molecule has 6 heteroatoms. The molecule has 0 aliphatic heterocycles. The molecule has 110 valence electrons. The summed E-state index contributed by atoms with van der Waals surface area (Å²) in [5, 5.41) is 10.4. The fourth-order valence-electron chi connectivity index (χ4n) is 1.41. The van der Waals surface area contributed by atoms with Crippen LogP contribution < -0.4 is 0 Å². The molecule has 1 heterocycles. The third kappa shape index (κ3) is 5.99. The minimum atomic E-state index is -0.976. The molecule has 0 spiro atoms. The molecule has 0 unspecified atom stereocenters. The van der Waals surface area contributed by atoms with Gasteiger partial charge in [0.15, 0.2) is 0 Å². The molecule has 0 aromatic carbocycles. The Morgan fingerprint density at radius 1 is 1.50 bits per heavy atom. The Hall–Kier alpha value is -1.66. The lowest BCUT2D eigenvalue weighted by Gasteiger charge is -2.17. The van der Waals surface area contributed by atoms with Gasteiger partial charge in [0.1, 0.15) is 6.61 Å². The minimum Gasteiger partial charge on any atom is -0.478 e. The van der Waals surface area contributed by atoms with E-state index in [2.05, 4.69) is 0 Å². The molecule has 0 atom stereocenters. The monoisotopic (exact) mass is 297 g/mol. The molecule has 1 aromatic heterocycles. The summed E-state index contributed by atoms with van der Waals surface area (Å²) in [4.78, 5) is 24.8. The van der Waals surface area contributed by atoms with Crippen molar-refractivity contribution in [2.45, 2.75) is 26.5 Å². The van der Waals surface area contributed by atoms with Crippen LogP contribution in [0.1, 0.15) is 24.3 Å². The zero-order chi connectivity index (χ0) is 15.1. The van der Waals surface area contributed by atoms with Crippen LogP contribution >= 0.6 is 11.3 Å². The van der Waals surface area contributed by atoms with Crippen molar-refractivity contribution in [3.05, 3.63) is 28.0 Å². The van der Waals surface area contributed by atoms with E-state index in [0.29, 0.717) is 6.54 Å². The summed E-state index contributed by atoms with van der Waals surface area (Å²) in [6, 6.07) is 1.87. The Balaban J connectivity index is 2.51. The number of carboxylic acid groups (broad SMARTS) is 1. The molecule has 20 heavy (non-hydrogen) atoms. The van der Waals surface area contributed by atoms with Gasteiger partial charge in [-0.15, -0.1) is 11.3 Å². The SMILES string of the molecule is CC(C)OCC(=O)N(C)Cc1cc(/C=C/C(=O)O)cs1. The van der Waals surface area contributed by atoms with Gasteiger partial charge >= 0.3 is 5.97 Å². The Morgan fingerprint density at radius 3 is 2.80 bits per heavy atom. The molecular weight excluding hydrogens is 278 g/mol. The summed E-state index contributed by atoms with van der Waals surface area (Å²) < 4.78 is 5.27. The molecule has 1 amide bonds. The summed E-state index contributed by atoms with van der Waals surface area (Å²) in [6.07, 6.45) is 2.66. The average molecular weight is 297 g/mol. The van der Waals surface area contributed by atoms with Gasteiger partial charge in [0.25, 0.3) is 0 Å². The highest BCUT2D eigenvalue weighted by Gasteiger charge is 2.11. The predicted octanol–water partition coefficient (Wildman–Crippen LogP) is 2.23. The van der Waals surface area contributed by atoms with Crippen LogP contribution in [0.4, 0.5) is 0 Å². The Bertz CT molecular complexity index is 493. The highest BCUT2D eigenvalue weighted by molar-refractivity contribution is 7.10. The smallest absolute Gasteiger partial charge is 0.328 e. The van der Waals surface area contributed by atoms with Gasteiger partial charge in [-0.2, -0.15) is 0 Å². The summed E-state index contributed by atoms with van der Waals surface area (Å²) >= 11 is 1.49. The van der Waals surface area contributed by atoms with E-state index in [0.717, 1.165) is 16.5 Å². The molecule has 0 saturated heterocycles. The molecule has 0 aliphatic rings. The highest BCUT2D eigenvalue weighted by Crippen LogP contribution is 2.17. The van der Waals surface area contributed by atoms with Crippen molar-refractivity contribution < 1.29 is 19.4 Å². The van der Waals surface area contributed by atoms with Gasteiger partial charge in [-0.1, -0.05) is 0 Å². The molecular formula is C14H19NO4S. The quantitative estimate of drug-likeness (QED) is 0.784. The van der Waals surface area contributed by atoms with Crippen molar-refractivity contribution in [2.24, 2.45) is 0 Å². The molecule has 1 aromatic rings. The summed E-state index contributed by atoms with van der Waals surface area (Å²) in [7, 11) is 1.72. The van der Waals surface area contributed by atoms with E-state index >= 15 is 0 Å². The van der Waals surface area contributed by atoms with Gasteiger partial charge < -0.3 is 14.7 Å². The number of ether oxygens (including phenoxy) is 1. The molecule has 0 aliphatic carbocycles. The zero-order valence-corrected chi connectivity index (χ0v) is 12.6. The maximum Gasteiger partial charge on any atom is 0.328 e. The zero-order valence-electron chi connectivity index (χ0n) is 11.8. The van der Waals surface area contributed by atoms with Crippen LogP contribution in [0.15, 0.2) is 17.5 Å². The largest absolute Gasteiger partial charge is 0.478 e. The second kappa shape index (κ2) is 7.81. The van der Waals surface area contributed by atoms with Crippen molar-refractivity contribution in [3.63, 3.8) is 0 Å². The molecule has 0 fully saturated rings. The van der Waals surface area contributed by atoms with E-state index in [4.69, 9.17) is 9.84 Å². The average Bonchev–Trinajstić information content (AvgIpc) is 2.81. The number of hydrogen-bond donors (Lipinski definition) is 1. The van der Waals surface area contributed by atoms with E-state index in [1.807, 2.05) is 25.3 Å². The molecule has 1 rings (SSSR count). The van der Waals surface area contributed by atoms with Gasteiger partial charge in [0.05, 0.1) is 12.6 Å². The van der Waals surface area contributed by atoms with Crippen LogP contribution in [0, 0.1) is 0 Å². The lowest BCUT2D eigenvalue weighted by atomic mass is 10.3. The lowest BCUT2D eigenvalue weighted by molar-refractivity contribution is -0.136. The third-order valence-corrected chi connectivity index (χ3v) is 3.39. The lowest BCUT2D eigenvalue weighted by Crippen LogP contribution is -2.30. The number of carboxylic acids is 1. The molecule has 0 saturated carbocycles. The number of carbonyl (C=O) groups is 2. The van der Waals surface area contributed by atoms with Crippen LogP contribution in [0.25, 0.3) is 6.08 Å².